The van der Waals surface area contributed by atoms with Gasteiger partial charge in [0.15, 0.2) is 21.5 Å². The van der Waals surface area contributed by atoms with Crippen LogP contribution in [0.15, 0.2) is 0 Å². The molecule has 1 aromatic rings. The highest BCUT2D eigenvalue weighted by atomic mass is 32.2. The number of nitrogens with zero attached hydrogens (tertiary/aromatic N) is 2. The predicted octanol–water partition coefficient (Wildman–Crippen LogP) is 0.612. The predicted molar refractivity (Wildman–Crippen MR) is 54.4 cm³/mol. The smallest absolute Gasteiger partial charge is 0.186 e. The third-order valence-corrected chi connectivity index (χ3v) is 3.56. The largest absolute Gasteiger partial charge is 0.381 e. The Hall–Kier alpha value is -1.24. The summed E-state index contributed by atoms with van der Waals surface area (Å²) in [5, 5.41) is -0.890. The van der Waals surface area contributed by atoms with E-state index in [9.17, 15) is 12.8 Å². The lowest BCUT2D eigenvalue weighted by atomic mass is 10.3. The van der Waals surface area contributed by atoms with E-state index in [-0.39, 0.29) is 17.3 Å². The van der Waals surface area contributed by atoms with Gasteiger partial charge in [0.05, 0.1) is 5.69 Å². The molecule has 0 aromatic carbocycles. The van der Waals surface area contributed by atoms with Gasteiger partial charge in [-0.1, -0.05) is 0 Å². The Labute approximate surface area is 87.5 Å². The van der Waals surface area contributed by atoms with Crippen LogP contribution in [0.3, 0.4) is 0 Å². The molecule has 84 valence electrons. The molecule has 0 aliphatic rings. The standard InChI is InChI=1S/C8H12FN3O2S/c1-4-6(9)7(10)12-8(11-4)5(2)15(3,13)14/h5H,1-3H3,(H2,10,11,12). The van der Waals surface area contributed by atoms with Crippen LogP contribution < -0.4 is 5.73 Å². The molecule has 1 atom stereocenters. The highest BCUT2D eigenvalue weighted by molar-refractivity contribution is 7.90. The van der Waals surface area contributed by atoms with E-state index in [0.717, 1.165) is 6.26 Å². The summed E-state index contributed by atoms with van der Waals surface area (Å²) in [6, 6.07) is 0. The Balaban J connectivity index is 3.29. The molecule has 0 bridgehead atoms. The van der Waals surface area contributed by atoms with Gasteiger partial charge in [-0.2, -0.15) is 0 Å². The lowest BCUT2D eigenvalue weighted by molar-refractivity contribution is 0.582. The molecule has 1 heterocycles. The van der Waals surface area contributed by atoms with Gasteiger partial charge in [-0.25, -0.2) is 22.8 Å². The van der Waals surface area contributed by atoms with E-state index in [2.05, 4.69) is 9.97 Å². The minimum Gasteiger partial charge on any atom is -0.381 e. The molecular formula is C8H12FN3O2S. The number of sulfone groups is 1. The van der Waals surface area contributed by atoms with E-state index >= 15 is 0 Å². The molecule has 1 unspecified atom stereocenters. The Morgan fingerprint density at radius 3 is 2.33 bits per heavy atom. The van der Waals surface area contributed by atoms with E-state index in [1.54, 1.807) is 0 Å². The highest BCUT2D eigenvalue weighted by Gasteiger charge is 2.22. The summed E-state index contributed by atoms with van der Waals surface area (Å²) >= 11 is 0. The van der Waals surface area contributed by atoms with Crippen molar-refractivity contribution < 1.29 is 12.8 Å². The first-order valence-electron chi connectivity index (χ1n) is 4.22. The number of aryl methyl sites for hydroxylation is 1. The van der Waals surface area contributed by atoms with Crippen molar-refractivity contribution in [2.24, 2.45) is 0 Å². The number of aromatic nitrogens is 2. The monoisotopic (exact) mass is 233 g/mol. The number of halogens is 1. The van der Waals surface area contributed by atoms with E-state index in [1.807, 2.05) is 0 Å². The first-order chi connectivity index (χ1) is 6.73. The van der Waals surface area contributed by atoms with Gasteiger partial charge in [-0.05, 0) is 13.8 Å². The third-order valence-electron chi connectivity index (χ3n) is 2.07. The minimum absolute atomic E-state index is 0.0221. The Bertz CT molecular complexity index is 464. The van der Waals surface area contributed by atoms with Crippen molar-refractivity contribution in [3.63, 3.8) is 0 Å². The van der Waals surface area contributed by atoms with Gasteiger partial charge in [0.1, 0.15) is 11.1 Å². The van der Waals surface area contributed by atoms with Crippen LogP contribution in [0.4, 0.5) is 10.2 Å². The normalized spacial score (nSPS) is 13.9. The van der Waals surface area contributed by atoms with Crippen molar-refractivity contribution in [2.45, 2.75) is 19.1 Å². The zero-order chi connectivity index (χ0) is 11.8. The topological polar surface area (TPSA) is 85.9 Å². The van der Waals surface area contributed by atoms with Crippen molar-refractivity contribution in [3.05, 3.63) is 17.3 Å². The second kappa shape index (κ2) is 3.73. The van der Waals surface area contributed by atoms with E-state index < -0.39 is 20.9 Å². The zero-order valence-corrected chi connectivity index (χ0v) is 9.47. The molecule has 5 nitrogen and oxygen atoms in total. The van der Waals surface area contributed by atoms with Gasteiger partial charge in [-0.3, -0.25) is 0 Å². The van der Waals surface area contributed by atoms with Crippen LogP contribution in [0, 0.1) is 12.7 Å². The number of rotatable bonds is 2. The van der Waals surface area contributed by atoms with E-state index in [4.69, 9.17) is 5.73 Å². The average Bonchev–Trinajstić information content (AvgIpc) is 2.10. The van der Waals surface area contributed by atoms with Crippen molar-refractivity contribution in [3.8, 4) is 0 Å². The molecule has 0 aliphatic carbocycles. The van der Waals surface area contributed by atoms with Crippen LogP contribution in [-0.2, 0) is 9.84 Å². The van der Waals surface area contributed by atoms with Gasteiger partial charge in [0.25, 0.3) is 0 Å². The molecule has 7 heteroatoms. The number of nitrogens with two attached hydrogens (primary N) is 1. The maximum atomic E-state index is 13.1. The molecule has 2 N–H and O–H groups in total. The van der Waals surface area contributed by atoms with Gasteiger partial charge in [-0.15, -0.1) is 0 Å². The lowest BCUT2D eigenvalue weighted by Gasteiger charge is -2.09. The first-order valence-corrected chi connectivity index (χ1v) is 6.17. The Kier molecular flexibility index (Phi) is 2.94. The highest BCUT2D eigenvalue weighted by Crippen LogP contribution is 2.20. The average molecular weight is 233 g/mol. The summed E-state index contributed by atoms with van der Waals surface area (Å²) in [5.41, 5.74) is 5.33. The molecule has 0 aliphatic heterocycles. The van der Waals surface area contributed by atoms with Crippen molar-refractivity contribution in [1.82, 2.24) is 9.97 Å². The van der Waals surface area contributed by atoms with Crippen LogP contribution in [0.2, 0.25) is 0 Å². The molecule has 0 radical (unpaired) electrons. The van der Waals surface area contributed by atoms with Crippen molar-refractivity contribution >= 4 is 15.7 Å². The SMILES string of the molecule is Cc1nc(C(C)S(C)(=O)=O)nc(N)c1F. The summed E-state index contributed by atoms with van der Waals surface area (Å²) in [5.74, 6) is -1.01. The molecule has 1 rings (SSSR count). The fourth-order valence-electron chi connectivity index (χ4n) is 0.977. The number of nitrogen functional groups attached to an aromatic ring is 1. The summed E-state index contributed by atoms with van der Waals surface area (Å²) in [4.78, 5) is 7.37. The number of hydrogen-bond acceptors (Lipinski definition) is 5. The number of anilines is 1. The van der Waals surface area contributed by atoms with Gasteiger partial charge in [0.2, 0.25) is 0 Å². The molecule has 0 fully saturated rings. The van der Waals surface area contributed by atoms with Gasteiger partial charge >= 0.3 is 0 Å². The third kappa shape index (κ3) is 2.41. The number of hydrogen-bond donors (Lipinski definition) is 1. The maximum absolute atomic E-state index is 13.1. The van der Waals surface area contributed by atoms with Crippen LogP contribution in [0.25, 0.3) is 0 Å². The van der Waals surface area contributed by atoms with Crippen molar-refractivity contribution in [1.29, 1.82) is 0 Å². The molecule has 15 heavy (non-hydrogen) atoms. The summed E-state index contributed by atoms with van der Waals surface area (Å²) in [6.07, 6.45) is 1.07. The van der Waals surface area contributed by atoms with Gasteiger partial charge in [0, 0.05) is 6.26 Å². The fraction of sp³-hybridized carbons (Fsp3) is 0.500. The van der Waals surface area contributed by atoms with E-state index in [1.165, 1.54) is 13.8 Å². The van der Waals surface area contributed by atoms with Crippen LogP contribution >= 0.6 is 0 Å². The Morgan fingerprint density at radius 2 is 1.93 bits per heavy atom. The summed E-state index contributed by atoms with van der Waals surface area (Å²) in [6.45, 7) is 2.84. The Morgan fingerprint density at radius 1 is 1.40 bits per heavy atom. The summed E-state index contributed by atoms with van der Waals surface area (Å²) in [7, 11) is -3.31. The quantitative estimate of drug-likeness (QED) is 0.808. The first kappa shape index (κ1) is 11.8. The van der Waals surface area contributed by atoms with Gasteiger partial charge < -0.3 is 5.73 Å². The minimum atomic E-state index is -3.31. The van der Waals surface area contributed by atoms with Crippen molar-refractivity contribution in [2.75, 3.05) is 12.0 Å². The van der Waals surface area contributed by atoms with Crippen LogP contribution in [0.5, 0.6) is 0 Å². The maximum Gasteiger partial charge on any atom is 0.186 e. The molecule has 0 spiro atoms. The summed E-state index contributed by atoms with van der Waals surface area (Å²) < 4.78 is 35.5. The van der Waals surface area contributed by atoms with E-state index in [0.29, 0.717) is 0 Å². The second-order valence-electron chi connectivity index (χ2n) is 3.34. The molecule has 1 aromatic heterocycles. The zero-order valence-electron chi connectivity index (χ0n) is 8.65. The lowest BCUT2D eigenvalue weighted by Crippen LogP contribution is -2.14. The molecular weight excluding hydrogens is 221 g/mol. The van der Waals surface area contributed by atoms with Crippen LogP contribution in [-0.4, -0.2) is 24.6 Å². The fourth-order valence-corrected chi connectivity index (χ4v) is 1.47. The molecule has 0 saturated carbocycles. The molecule has 0 amide bonds. The molecule has 0 saturated heterocycles. The van der Waals surface area contributed by atoms with Crippen LogP contribution in [0.1, 0.15) is 23.7 Å². The second-order valence-corrected chi connectivity index (χ2v) is 5.70.